The van der Waals surface area contributed by atoms with Crippen molar-refractivity contribution in [3.63, 3.8) is 0 Å². The molecule has 0 aromatic carbocycles. The molecule has 2 heterocycles. The third-order valence-corrected chi connectivity index (χ3v) is 5.77. The summed E-state index contributed by atoms with van der Waals surface area (Å²) in [5.74, 6) is 1.47. The Kier molecular flexibility index (Phi) is 4.55. The van der Waals surface area contributed by atoms with Crippen LogP contribution in [0.1, 0.15) is 69.9 Å². The molecule has 1 atom stereocenters. The molecule has 4 heteroatoms. The Labute approximate surface area is 133 Å². The van der Waals surface area contributed by atoms with Gasteiger partial charge in [0.25, 0.3) is 0 Å². The number of nitrogens with one attached hydrogen (secondary N) is 1. The molecule has 3 rings (SSSR count). The maximum absolute atomic E-state index is 5.07. The van der Waals surface area contributed by atoms with E-state index in [9.17, 15) is 0 Å². The van der Waals surface area contributed by atoms with Gasteiger partial charge in [-0.15, -0.1) is 11.3 Å². The minimum absolute atomic E-state index is 0.540. The van der Waals surface area contributed by atoms with Crippen molar-refractivity contribution in [2.45, 2.75) is 77.9 Å². The van der Waals surface area contributed by atoms with Crippen LogP contribution in [0.25, 0.3) is 0 Å². The van der Waals surface area contributed by atoms with E-state index >= 15 is 0 Å². The van der Waals surface area contributed by atoms with E-state index in [2.05, 4.69) is 37.9 Å². The Morgan fingerprint density at radius 2 is 2.00 bits per heavy atom. The van der Waals surface area contributed by atoms with Gasteiger partial charge in [0.05, 0.1) is 5.69 Å². The van der Waals surface area contributed by atoms with Crippen LogP contribution in [0, 0.1) is 5.92 Å². The predicted octanol–water partition coefficient (Wildman–Crippen LogP) is 4.14. The third kappa shape index (κ3) is 3.42. The monoisotopic (exact) mass is 307 g/mol. The van der Waals surface area contributed by atoms with E-state index in [1.807, 2.05) is 11.3 Å². The molecule has 1 aliphatic heterocycles. The summed E-state index contributed by atoms with van der Waals surface area (Å²) in [4.78, 5) is 9.13. The molecule has 2 fully saturated rings. The highest BCUT2D eigenvalue weighted by Crippen LogP contribution is 2.45. The molecule has 0 spiro atoms. The lowest BCUT2D eigenvalue weighted by Gasteiger charge is -2.27. The summed E-state index contributed by atoms with van der Waals surface area (Å²) in [6, 6.07) is 1.23. The SMILES string of the molecule is CC(C)NCc1sc(N2CCCC2C(C)C)nc1C1CC1. The van der Waals surface area contributed by atoms with Crippen LogP contribution in [-0.2, 0) is 6.54 Å². The topological polar surface area (TPSA) is 28.2 Å². The van der Waals surface area contributed by atoms with Crippen LogP contribution in [-0.4, -0.2) is 23.6 Å². The molecule has 1 saturated carbocycles. The summed E-state index contributed by atoms with van der Waals surface area (Å²) in [5.41, 5.74) is 1.40. The van der Waals surface area contributed by atoms with Gasteiger partial charge in [0.1, 0.15) is 0 Å². The fourth-order valence-electron chi connectivity index (χ4n) is 3.30. The highest BCUT2D eigenvalue weighted by atomic mass is 32.1. The smallest absolute Gasteiger partial charge is 0.186 e. The van der Waals surface area contributed by atoms with Gasteiger partial charge in [-0.25, -0.2) is 4.98 Å². The van der Waals surface area contributed by atoms with Gasteiger partial charge in [-0.2, -0.15) is 0 Å². The largest absolute Gasteiger partial charge is 0.345 e. The quantitative estimate of drug-likeness (QED) is 0.856. The van der Waals surface area contributed by atoms with E-state index in [1.165, 1.54) is 47.9 Å². The Morgan fingerprint density at radius 1 is 1.24 bits per heavy atom. The number of thiazole rings is 1. The Balaban J connectivity index is 1.80. The fraction of sp³-hybridized carbons (Fsp3) is 0.824. The zero-order valence-electron chi connectivity index (χ0n) is 13.9. The average Bonchev–Trinajstić information content (AvgIpc) is 3.01. The molecule has 1 N–H and O–H groups in total. The fourth-order valence-corrected chi connectivity index (χ4v) is 4.48. The van der Waals surface area contributed by atoms with Crippen molar-refractivity contribution in [1.82, 2.24) is 10.3 Å². The first-order chi connectivity index (χ1) is 10.1. The summed E-state index contributed by atoms with van der Waals surface area (Å²) in [7, 11) is 0. The second-order valence-electron chi connectivity index (χ2n) is 7.26. The molecule has 3 nitrogen and oxygen atoms in total. The number of hydrogen-bond acceptors (Lipinski definition) is 4. The first-order valence-electron chi connectivity index (χ1n) is 8.56. The molecule has 0 amide bonds. The van der Waals surface area contributed by atoms with Gasteiger partial charge in [-0.3, -0.25) is 0 Å². The van der Waals surface area contributed by atoms with E-state index in [4.69, 9.17) is 4.98 Å². The van der Waals surface area contributed by atoms with Crippen molar-refractivity contribution in [3.8, 4) is 0 Å². The lowest BCUT2D eigenvalue weighted by atomic mass is 10.0. The third-order valence-electron chi connectivity index (χ3n) is 4.67. The Bertz CT molecular complexity index is 476. The van der Waals surface area contributed by atoms with Gasteiger partial charge in [-0.1, -0.05) is 27.7 Å². The van der Waals surface area contributed by atoms with Gasteiger partial charge >= 0.3 is 0 Å². The van der Waals surface area contributed by atoms with Crippen LogP contribution in [0.5, 0.6) is 0 Å². The van der Waals surface area contributed by atoms with Crippen LogP contribution in [0.15, 0.2) is 0 Å². The summed E-state index contributed by atoms with van der Waals surface area (Å²) in [6.45, 7) is 11.3. The zero-order valence-corrected chi connectivity index (χ0v) is 14.7. The van der Waals surface area contributed by atoms with E-state index in [1.54, 1.807) is 0 Å². The molecular formula is C17H29N3S. The summed E-state index contributed by atoms with van der Waals surface area (Å²) in [5, 5.41) is 4.86. The van der Waals surface area contributed by atoms with Gasteiger partial charge < -0.3 is 10.2 Å². The first kappa shape index (κ1) is 15.3. The van der Waals surface area contributed by atoms with E-state index in [0.717, 1.165) is 18.4 Å². The standard InChI is InChI=1S/C17H29N3S/c1-11(2)14-6-5-9-20(14)17-19-16(13-7-8-13)15(21-17)10-18-12(3)4/h11-14,18H,5-10H2,1-4H3. The van der Waals surface area contributed by atoms with Crippen molar-refractivity contribution < 1.29 is 0 Å². The highest BCUT2D eigenvalue weighted by molar-refractivity contribution is 7.15. The zero-order chi connectivity index (χ0) is 15.0. The number of anilines is 1. The first-order valence-corrected chi connectivity index (χ1v) is 9.37. The lowest BCUT2D eigenvalue weighted by molar-refractivity contribution is 0.491. The molecule has 1 aromatic heterocycles. The molecule has 1 aromatic rings. The van der Waals surface area contributed by atoms with E-state index < -0.39 is 0 Å². The van der Waals surface area contributed by atoms with Crippen molar-refractivity contribution in [1.29, 1.82) is 0 Å². The second kappa shape index (κ2) is 6.25. The maximum Gasteiger partial charge on any atom is 0.186 e. The molecule has 1 saturated heterocycles. The number of nitrogens with zero attached hydrogens (tertiary/aromatic N) is 2. The predicted molar refractivity (Wildman–Crippen MR) is 91.3 cm³/mol. The number of hydrogen-bond donors (Lipinski definition) is 1. The van der Waals surface area contributed by atoms with Gasteiger partial charge in [0, 0.05) is 36.0 Å². The van der Waals surface area contributed by atoms with E-state index in [0.29, 0.717) is 12.1 Å². The normalized spacial score (nSPS) is 22.8. The molecule has 118 valence electrons. The van der Waals surface area contributed by atoms with Crippen LogP contribution < -0.4 is 10.2 Å². The minimum Gasteiger partial charge on any atom is -0.345 e. The molecular weight excluding hydrogens is 278 g/mol. The highest BCUT2D eigenvalue weighted by Gasteiger charge is 2.33. The molecule has 1 unspecified atom stereocenters. The second-order valence-corrected chi connectivity index (χ2v) is 8.32. The van der Waals surface area contributed by atoms with Gasteiger partial charge in [-0.05, 0) is 31.6 Å². The Morgan fingerprint density at radius 3 is 2.62 bits per heavy atom. The molecule has 21 heavy (non-hydrogen) atoms. The number of aromatic nitrogens is 1. The van der Waals surface area contributed by atoms with Gasteiger partial charge in [0.15, 0.2) is 5.13 Å². The van der Waals surface area contributed by atoms with Crippen LogP contribution in [0.3, 0.4) is 0 Å². The van der Waals surface area contributed by atoms with Crippen LogP contribution in [0.4, 0.5) is 5.13 Å². The summed E-state index contributed by atoms with van der Waals surface area (Å²) < 4.78 is 0. The molecule has 0 radical (unpaired) electrons. The summed E-state index contributed by atoms with van der Waals surface area (Å²) in [6.07, 6.45) is 5.33. The molecule has 1 aliphatic carbocycles. The average molecular weight is 308 g/mol. The maximum atomic E-state index is 5.07. The van der Waals surface area contributed by atoms with Crippen molar-refractivity contribution in [2.24, 2.45) is 5.92 Å². The molecule has 0 bridgehead atoms. The van der Waals surface area contributed by atoms with Crippen molar-refractivity contribution in [2.75, 3.05) is 11.4 Å². The number of rotatable bonds is 6. The van der Waals surface area contributed by atoms with E-state index in [-0.39, 0.29) is 0 Å². The van der Waals surface area contributed by atoms with Crippen LogP contribution in [0.2, 0.25) is 0 Å². The molecule has 2 aliphatic rings. The van der Waals surface area contributed by atoms with Crippen molar-refractivity contribution in [3.05, 3.63) is 10.6 Å². The Hall–Kier alpha value is -0.610. The van der Waals surface area contributed by atoms with Crippen molar-refractivity contribution >= 4 is 16.5 Å². The summed E-state index contributed by atoms with van der Waals surface area (Å²) >= 11 is 1.94. The van der Waals surface area contributed by atoms with Gasteiger partial charge in [0.2, 0.25) is 0 Å². The van der Waals surface area contributed by atoms with Crippen LogP contribution >= 0.6 is 11.3 Å². The minimum atomic E-state index is 0.540. The lowest BCUT2D eigenvalue weighted by Crippen LogP contribution is -2.33.